The van der Waals surface area contributed by atoms with E-state index in [2.05, 4.69) is 15.5 Å². The maximum atomic E-state index is 10.9. The second-order valence-electron chi connectivity index (χ2n) is 5.44. The predicted octanol–water partition coefficient (Wildman–Crippen LogP) is 5.02. The number of hydrazone groups is 1. The predicted molar refractivity (Wildman–Crippen MR) is 106 cm³/mol. The van der Waals surface area contributed by atoms with Gasteiger partial charge in [-0.05, 0) is 24.6 Å². The Morgan fingerprint density at radius 2 is 2.15 bits per heavy atom. The normalized spacial score (nSPS) is 11.1. The number of anilines is 1. The Balaban J connectivity index is 1.87. The minimum absolute atomic E-state index is 0.0191. The lowest BCUT2D eigenvalue weighted by Crippen LogP contribution is -2.02. The lowest BCUT2D eigenvalue weighted by Gasteiger charge is -2.06. The first-order chi connectivity index (χ1) is 13.0. The zero-order valence-corrected chi connectivity index (χ0v) is 15.6. The molecule has 1 aromatic heterocycles. The first-order valence-electron chi connectivity index (χ1n) is 7.69. The summed E-state index contributed by atoms with van der Waals surface area (Å²) in [5, 5.41) is 27.2. The summed E-state index contributed by atoms with van der Waals surface area (Å²) in [6, 6.07) is 13.5. The SMILES string of the molecule is Cc1c(Cl)cccc1N/N=C(\C#N)c1nc(-c2cccc([N+](=O)[O-])c2)cs1. The van der Waals surface area contributed by atoms with E-state index < -0.39 is 4.92 Å². The third-order valence-electron chi connectivity index (χ3n) is 3.72. The van der Waals surface area contributed by atoms with Crippen LogP contribution in [-0.4, -0.2) is 15.6 Å². The van der Waals surface area contributed by atoms with Gasteiger partial charge in [0.25, 0.3) is 5.69 Å². The van der Waals surface area contributed by atoms with Gasteiger partial charge in [-0.1, -0.05) is 29.8 Å². The molecule has 0 spiro atoms. The zero-order chi connectivity index (χ0) is 19.4. The number of hydrogen-bond acceptors (Lipinski definition) is 7. The zero-order valence-electron chi connectivity index (χ0n) is 14.0. The summed E-state index contributed by atoms with van der Waals surface area (Å²) in [7, 11) is 0. The number of benzene rings is 2. The number of nitro benzene ring substituents is 1. The summed E-state index contributed by atoms with van der Waals surface area (Å²) in [5.74, 6) is 0. The molecular weight excluding hydrogens is 386 g/mol. The van der Waals surface area contributed by atoms with Crippen LogP contribution in [0.25, 0.3) is 11.3 Å². The van der Waals surface area contributed by atoms with Gasteiger partial charge in [0.15, 0.2) is 10.7 Å². The van der Waals surface area contributed by atoms with Crippen molar-refractivity contribution in [1.29, 1.82) is 5.26 Å². The Morgan fingerprint density at radius 1 is 1.37 bits per heavy atom. The molecule has 0 saturated carbocycles. The Morgan fingerprint density at radius 3 is 2.89 bits per heavy atom. The smallest absolute Gasteiger partial charge is 0.270 e. The van der Waals surface area contributed by atoms with Gasteiger partial charge in [0.2, 0.25) is 0 Å². The van der Waals surface area contributed by atoms with Gasteiger partial charge in [-0.15, -0.1) is 11.3 Å². The highest BCUT2D eigenvalue weighted by Crippen LogP contribution is 2.26. The van der Waals surface area contributed by atoms with Gasteiger partial charge < -0.3 is 0 Å². The first kappa shape index (κ1) is 18.5. The Kier molecular flexibility index (Phi) is 5.45. The lowest BCUT2D eigenvalue weighted by molar-refractivity contribution is -0.384. The molecule has 134 valence electrons. The van der Waals surface area contributed by atoms with Crippen molar-refractivity contribution < 1.29 is 4.92 Å². The molecule has 2 aromatic carbocycles. The number of aromatic nitrogens is 1. The largest absolute Gasteiger partial charge is 0.277 e. The molecule has 0 aliphatic heterocycles. The number of nitrogens with zero attached hydrogens (tertiary/aromatic N) is 4. The van der Waals surface area contributed by atoms with Crippen molar-refractivity contribution in [2.45, 2.75) is 6.92 Å². The Hall–Kier alpha value is -3.28. The monoisotopic (exact) mass is 397 g/mol. The van der Waals surface area contributed by atoms with Gasteiger partial charge in [-0.2, -0.15) is 10.4 Å². The maximum absolute atomic E-state index is 10.9. The van der Waals surface area contributed by atoms with Crippen LogP contribution >= 0.6 is 22.9 Å². The molecular formula is C18H12ClN5O2S. The van der Waals surface area contributed by atoms with Crippen LogP contribution in [0.5, 0.6) is 0 Å². The molecule has 0 fully saturated rings. The van der Waals surface area contributed by atoms with E-state index in [0.717, 1.165) is 5.56 Å². The van der Waals surface area contributed by atoms with Crippen molar-refractivity contribution in [3.8, 4) is 17.3 Å². The molecule has 0 aliphatic carbocycles. The van der Waals surface area contributed by atoms with Crippen LogP contribution in [0.1, 0.15) is 10.6 Å². The molecule has 27 heavy (non-hydrogen) atoms. The number of non-ortho nitro benzene ring substituents is 1. The second kappa shape index (κ2) is 7.95. The summed E-state index contributed by atoms with van der Waals surface area (Å²) in [4.78, 5) is 14.8. The fourth-order valence-electron chi connectivity index (χ4n) is 2.26. The topological polar surface area (TPSA) is 104 Å². The van der Waals surface area contributed by atoms with Crippen molar-refractivity contribution in [3.05, 3.63) is 73.6 Å². The van der Waals surface area contributed by atoms with Gasteiger partial charge in [0, 0.05) is 28.1 Å². The fraction of sp³-hybridized carbons (Fsp3) is 0.0556. The number of nitriles is 1. The Bertz CT molecular complexity index is 1090. The van der Waals surface area contributed by atoms with Crippen LogP contribution in [0.4, 0.5) is 11.4 Å². The quantitative estimate of drug-likeness (QED) is 0.369. The van der Waals surface area contributed by atoms with Crippen LogP contribution in [0, 0.1) is 28.4 Å². The number of nitrogens with one attached hydrogen (secondary N) is 1. The number of nitro groups is 1. The molecule has 0 atom stereocenters. The highest BCUT2D eigenvalue weighted by Gasteiger charge is 2.13. The molecule has 9 heteroatoms. The summed E-state index contributed by atoms with van der Waals surface area (Å²) >= 11 is 7.31. The van der Waals surface area contributed by atoms with Gasteiger partial charge >= 0.3 is 0 Å². The molecule has 1 N–H and O–H groups in total. The van der Waals surface area contributed by atoms with E-state index in [1.165, 1.54) is 23.5 Å². The molecule has 1 heterocycles. The van der Waals surface area contributed by atoms with Gasteiger partial charge in [0.1, 0.15) is 6.07 Å². The summed E-state index contributed by atoms with van der Waals surface area (Å²) in [6.45, 7) is 1.84. The van der Waals surface area contributed by atoms with E-state index in [1.54, 1.807) is 35.7 Å². The molecule has 7 nitrogen and oxygen atoms in total. The standard InChI is InChI=1S/C18H12ClN5O2S/c1-11-14(19)6-3-7-15(11)22-23-16(9-20)18-21-17(10-27-18)12-4-2-5-13(8-12)24(25)26/h2-8,10,22H,1H3/b23-16+. The van der Waals surface area contributed by atoms with E-state index in [9.17, 15) is 15.4 Å². The summed E-state index contributed by atoms with van der Waals surface area (Å²) in [5.41, 5.74) is 5.57. The van der Waals surface area contributed by atoms with Gasteiger partial charge in [-0.25, -0.2) is 4.98 Å². The fourth-order valence-corrected chi connectivity index (χ4v) is 3.20. The first-order valence-corrected chi connectivity index (χ1v) is 8.95. The highest BCUT2D eigenvalue weighted by atomic mass is 35.5. The highest BCUT2D eigenvalue weighted by molar-refractivity contribution is 7.12. The average Bonchev–Trinajstić information content (AvgIpc) is 3.15. The van der Waals surface area contributed by atoms with Crippen LogP contribution in [-0.2, 0) is 0 Å². The third kappa shape index (κ3) is 4.11. The number of thiazole rings is 1. The van der Waals surface area contributed by atoms with Crippen molar-refractivity contribution >= 4 is 40.0 Å². The number of hydrogen-bond donors (Lipinski definition) is 1. The van der Waals surface area contributed by atoms with E-state index in [4.69, 9.17) is 11.6 Å². The minimum Gasteiger partial charge on any atom is -0.277 e. The third-order valence-corrected chi connectivity index (χ3v) is 4.98. The summed E-state index contributed by atoms with van der Waals surface area (Å²) in [6.07, 6.45) is 0. The van der Waals surface area contributed by atoms with Crippen LogP contribution in [0.3, 0.4) is 0 Å². The lowest BCUT2D eigenvalue weighted by atomic mass is 10.1. The molecule has 0 amide bonds. The van der Waals surface area contributed by atoms with Crippen LogP contribution in [0.15, 0.2) is 52.9 Å². The molecule has 3 aromatic rings. The number of halogens is 1. The minimum atomic E-state index is -0.462. The van der Waals surface area contributed by atoms with E-state index in [0.29, 0.717) is 27.0 Å². The number of rotatable bonds is 5. The molecule has 0 saturated heterocycles. The molecule has 0 radical (unpaired) electrons. The van der Waals surface area contributed by atoms with E-state index >= 15 is 0 Å². The summed E-state index contributed by atoms with van der Waals surface area (Å²) < 4.78 is 0. The van der Waals surface area contributed by atoms with Crippen molar-refractivity contribution in [1.82, 2.24) is 4.98 Å². The van der Waals surface area contributed by atoms with E-state index in [1.807, 2.05) is 13.0 Å². The van der Waals surface area contributed by atoms with Gasteiger partial charge in [0.05, 0.1) is 16.3 Å². The van der Waals surface area contributed by atoms with Crippen molar-refractivity contribution in [2.75, 3.05) is 5.43 Å². The maximum Gasteiger partial charge on any atom is 0.270 e. The molecule has 0 unspecified atom stereocenters. The van der Waals surface area contributed by atoms with Gasteiger partial charge in [-0.3, -0.25) is 15.5 Å². The van der Waals surface area contributed by atoms with E-state index in [-0.39, 0.29) is 11.4 Å². The van der Waals surface area contributed by atoms with Crippen LogP contribution in [0.2, 0.25) is 5.02 Å². The second-order valence-corrected chi connectivity index (χ2v) is 6.71. The average molecular weight is 398 g/mol. The molecule has 3 rings (SSSR count). The molecule has 0 aliphatic rings. The molecule has 0 bridgehead atoms. The van der Waals surface area contributed by atoms with Crippen molar-refractivity contribution in [2.24, 2.45) is 5.10 Å². The van der Waals surface area contributed by atoms with Crippen molar-refractivity contribution in [3.63, 3.8) is 0 Å². The van der Waals surface area contributed by atoms with Crippen LogP contribution < -0.4 is 5.43 Å². The Labute approximate surface area is 163 Å².